The van der Waals surface area contributed by atoms with E-state index < -0.39 is 0 Å². The standard InChI is InChI=1S/C12H13N3O/c1-4-12-14-13-9(2)15(12)10-6-5-7-11(8-10)16-3/h4-8H,1H2,2-3H3. The topological polar surface area (TPSA) is 39.9 Å². The van der Waals surface area contributed by atoms with Gasteiger partial charge in [0.05, 0.1) is 12.8 Å². The Morgan fingerprint density at radius 3 is 2.88 bits per heavy atom. The molecule has 2 aromatic rings. The van der Waals surface area contributed by atoms with Crippen LogP contribution in [0.5, 0.6) is 5.75 Å². The predicted molar refractivity (Wildman–Crippen MR) is 62.7 cm³/mol. The van der Waals surface area contributed by atoms with E-state index in [-0.39, 0.29) is 0 Å². The molecule has 2 rings (SSSR count). The fourth-order valence-corrected chi connectivity index (χ4v) is 1.58. The van der Waals surface area contributed by atoms with Gasteiger partial charge in [-0.05, 0) is 25.1 Å². The Balaban J connectivity index is 2.57. The minimum atomic E-state index is 0.728. The molecule has 82 valence electrons. The zero-order valence-electron chi connectivity index (χ0n) is 9.34. The third kappa shape index (κ3) is 1.69. The van der Waals surface area contributed by atoms with Gasteiger partial charge in [-0.15, -0.1) is 10.2 Å². The molecule has 0 saturated carbocycles. The molecule has 4 nitrogen and oxygen atoms in total. The average Bonchev–Trinajstić information content (AvgIpc) is 2.70. The number of benzene rings is 1. The predicted octanol–water partition coefficient (Wildman–Crippen LogP) is 2.23. The van der Waals surface area contributed by atoms with E-state index in [2.05, 4.69) is 16.8 Å². The summed E-state index contributed by atoms with van der Waals surface area (Å²) in [6.07, 6.45) is 1.68. The summed E-state index contributed by atoms with van der Waals surface area (Å²) in [4.78, 5) is 0. The fourth-order valence-electron chi connectivity index (χ4n) is 1.58. The molecule has 0 fully saturated rings. The van der Waals surface area contributed by atoms with Crippen LogP contribution >= 0.6 is 0 Å². The minimum Gasteiger partial charge on any atom is -0.497 e. The Morgan fingerprint density at radius 1 is 1.38 bits per heavy atom. The van der Waals surface area contributed by atoms with Gasteiger partial charge in [0.25, 0.3) is 0 Å². The highest BCUT2D eigenvalue weighted by Crippen LogP contribution is 2.19. The van der Waals surface area contributed by atoms with Crippen LogP contribution < -0.4 is 4.74 Å². The summed E-state index contributed by atoms with van der Waals surface area (Å²) in [5, 5.41) is 8.04. The molecule has 16 heavy (non-hydrogen) atoms. The maximum atomic E-state index is 5.19. The normalized spacial score (nSPS) is 10.1. The molecule has 0 atom stereocenters. The van der Waals surface area contributed by atoms with Gasteiger partial charge in [0.15, 0.2) is 5.82 Å². The molecule has 0 aliphatic carbocycles. The van der Waals surface area contributed by atoms with E-state index in [1.165, 1.54) is 0 Å². The molecule has 0 aliphatic rings. The number of hydrogen-bond acceptors (Lipinski definition) is 3. The molecule has 0 aliphatic heterocycles. The first-order chi connectivity index (χ1) is 7.76. The number of aryl methyl sites for hydroxylation is 1. The number of nitrogens with zero attached hydrogens (tertiary/aromatic N) is 3. The molecule has 0 N–H and O–H groups in total. The summed E-state index contributed by atoms with van der Waals surface area (Å²) in [5.41, 5.74) is 0.969. The Morgan fingerprint density at radius 2 is 2.19 bits per heavy atom. The lowest BCUT2D eigenvalue weighted by molar-refractivity contribution is 0.414. The minimum absolute atomic E-state index is 0.728. The quantitative estimate of drug-likeness (QED) is 0.788. The van der Waals surface area contributed by atoms with E-state index >= 15 is 0 Å². The van der Waals surface area contributed by atoms with E-state index in [4.69, 9.17) is 4.74 Å². The van der Waals surface area contributed by atoms with Crippen molar-refractivity contribution in [2.24, 2.45) is 0 Å². The molecule has 0 saturated heterocycles. The monoisotopic (exact) mass is 215 g/mol. The van der Waals surface area contributed by atoms with Crippen LogP contribution in [0, 0.1) is 6.92 Å². The van der Waals surface area contributed by atoms with Gasteiger partial charge >= 0.3 is 0 Å². The van der Waals surface area contributed by atoms with Gasteiger partial charge in [0.2, 0.25) is 0 Å². The molecule has 0 unspecified atom stereocenters. The molecule has 1 heterocycles. The zero-order valence-corrected chi connectivity index (χ0v) is 9.34. The van der Waals surface area contributed by atoms with Crippen molar-refractivity contribution in [3.63, 3.8) is 0 Å². The number of methoxy groups -OCH3 is 1. The van der Waals surface area contributed by atoms with Gasteiger partial charge < -0.3 is 4.74 Å². The summed E-state index contributed by atoms with van der Waals surface area (Å²) < 4.78 is 7.11. The third-order valence-corrected chi connectivity index (χ3v) is 2.34. The second-order valence-corrected chi connectivity index (χ2v) is 3.35. The first-order valence-corrected chi connectivity index (χ1v) is 4.95. The van der Waals surface area contributed by atoms with E-state index in [0.29, 0.717) is 0 Å². The van der Waals surface area contributed by atoms with Crippen LogP contribution in [-0.4, -0.2) is 21.9 Å². The SMILES string of the molecule is C=Cc1nnc(C)n1-c1cccc(OC)c1. The number of ether oxygens (including phenoxy) is 1. The van der Waals surface area contributed by atoms with Crippen molar-refractivity contribution in [2.75, 3.05) is 7.11 Å². The Bertz CT molecular complexity index is 517. The molecular formula is C12H13N3O. The van der Waals surface area contributed by atoms with Crippen molar-refractivity contribution in [3.05, 3.63) is 42.5 Å². The zero-order chi connectivity index (χ0) is 11.5. The van der Waals surface area contributed by atoms with Crippen LogP contribution in [0.4, 0.5) is 0 Å². The second-order valence-electron chi connectivity index (χ2n) is 3.35. The summed E-state index contributed by atoms with van der Waals surface area (Å²) in [5.74, 6) is 2.36. The third-order valence-electron chi connectivity index (χ3n) is 2.34. The fraction of sp³-hybridized carbons (Fsp3) is 0.167. The van der Waals surface area contributed by atoms with Crippen LogP contribution in [0.2, 0.25) is 0 Å². The van der Waals surface area contributed by atoms with Crippen molar-refractivity contribution in [3.8, 4) is 11.4 Å². The van der Waals surface area contributed by atoms with Crippen LogP contribution in [0.3, 0.4) is 0 Å². The van der Waals surface area contributed by atoms with E-state index in [1.54, 1.807) is 13.2 Å². The highest BCUT2D eigenvalue weighted by atomic mass is 16.5. The Kier molecular flexibility index (Phi) is 2.72. The average molecular weight is 215 g/mol. The largest absolute Gasteiger partial charge is 0.497 e. The molecule has 0 amide bonds. The van der Waals surface area contributed by atoms with Crippen LogP contribution in [0.1, 0.15) is 11.6 Å². The Labute approximate surface area is 94.2 Å². The van der Waals surface area contributed by atoms with Gasteiger partial charge in [0, 0.05) is 6.07 Å². The lowest BCUT2D eigenvalue weighted by Gasteiger charge is -2.07. The van der Waals surface area contributed by atoms with Crippen LogP contribution in [-0.2, 0) is 0 Å². The van der Waals surface area contributed by atoms with Gasteiger partial charge in [-0.1, -0.05) is 12.6 Å². The van der Waals surface area contributed by atoms with E-state index in [9.17, 15) is 0 Å². The van der Waals surface area contributed by atoms with E-state index in [0.717, 1.165) is 23.1 Å². The van der Waals surface area contributed by atoms with Gasteiger partial charge in [-0.25, -0.2) is 0 Å². The maximum absolute atomic E-state index is 5.19. The van der Waals surface area contributed by atoms with Crippen molar-refractivity contribution in [1.82, 2.24) is 14.8 Å². The Hall–Kier alpha value is -2.10. The van der Waals surface area contributed by atoms with Crippen LogP contribution in [0.15, 0.2) is 30.8 Å². The summed E-state index contributed by atoms with van der Waals surface area (Å²) >= 11 is 0. The molecular weight excluding hydrogens is 202 g/mol. The van der Waals surface area contributed by atoms with Crippen molar-refractivity contribution in [2.45, 2.75) is 6.92 Å². The molecule has 1 aromatic heterocycles. The molecule has 0 spiro atoms. The van der Waals surface area contributed by atoms with Gasteiger partial charge in [-0.3, -0.25) is 4.57 Å². The second kappa shape index (κ2) is 4.18. The first-order valence-electron chi connectivity index (χ1n) is 4.95. The highest BCUT2D eigenvalue weighted by Gasteiger charge is 2.08. The number of aromatic nitrogens is 3. The number of rotatable bonds is 3. The maximum Gasteiger partial charge on any atom is 0.160 e. The van der Waals surface area contributed by atoms with Crippen LogP contribution in [0.25, 0.3) is 11.8 Å². The summed E-state index contributed by atoms with van der Waals surface area (Å²) in [6, 6.07) is 7.74. The van der Waals surface area contributed by atoms with E-state index in [1.807, 2.05) is 35.8 Å². The lowest BCUT2D eigenvalue weighted by atomic mass is 10.3. The lowest BCUT2D eigenvalue weighted by Crippen LogP contribution is -1.99. The molecule has 1 aromatic carbocycles. The van der Waals surface area contributed by atoms with Gasteiger partial charge in [-0.2, -0.15) is 0 Å². The first kappa shape index (κ1) is 10.4. The van der Waals surface area contributed by atoms with Crippen molar-refractivity contribution < 1.29 is 4.74 Å². The summed E-state index contributed by atoms with van der Waals surface area (Å²) in [6.45, 7) is 5.62. The molecule has 0 radical (unpaired) electrons. The summed E-state index contributed by atoms with van der Waals surface area (Å²) in [7, 11) is 1.65. The molecule has 4 heteroatoms. The van der Waals surface area contributed by atoms with Crippen molar-refractivity contribution >= 4 is 6.08 Å². The smallest absolute Gasteiger partial charge is 0.160 e. The van der Waals surface area contributed by atoms with Crippen molar-refractivity contribution in [1.29, 1.82) is 0 Å². The molecule has 0 bridgehead atoms. The van der Waals surface area contributed by atoms with Gasteiger partial charge in [0.1, 0.15) is 11.6 Å². The highest BCUT2D eigenvalue weighted by molar-refractivity contribution is 5.47. The number of hydrogen-bond donors (Lipinski definition) is 0.